The van der Waals surface area contributed by atoms with Crippen LogP contribution in [0, 0.1) is 6.92 Å². The average Bonchev–Trinajstić information content (AvgIpc) is 2.71. The lowest BCUT2D eigenvalue weighted by atomic mass is 10.2. The molecule has 0 atom stereocenters. The topological polar surface area (TPSA) is 38.3 Å². The van der Waals surface area contributed by atoms with Crippen LogP contribution in [0.15, 0.2) is 34.1 Å². The van der Waals surface area contributed by atoms with E-state index in [0.29, 0.717) is 11.5 Å². The summed E-state index contributed by atoms with van der Waals surface area (Å²) in [5.74, 6) is -0.0895. The minimum absolute atomic E-state index is 0.0895. The smallest absolute Gasteiger partial charge is 0.265 e. The van der Waals surface area contributed by atoms with Gasteiger partial charge in [0.15, 0.2) is 0 Å². The lowest BCUT2D eigenvalue weighted by Crippen LogP contribution is -2.10. The number of ether oxygens (including phenoxy) is 1. The first-order valence-electron chi connectivity index (χ1n) is 5.75. The molecular weight excluding hydrogens is 326 g/mol. The highest BCUT2D eigenvalue weighted by atomic mass is 79.9. The van der Waals surface area contributed by atoms with E-state index in [-0.39, 0.29) is 5.91 Å². The van der Waals surface area contributed by atoms with E-state index in [1.807, 2.05) is 37.3 Å². The van der Waals surface area contributed by atoms with Crippen molar-refractivity contribution in [3.8, 4) is 0 Å². The summed E-state index contributed by atoms with van der Waals surface area (Å²) in [6, 6.07) is 9.52. The van der Waals surface area contributed by atoms with E-state index in [1.54, 1.807) is 7.11 Å². The number of thiophene rings is 1. The second kappa shape index (κ2) is 6.32. The minimum Gasteiger partial charge on any atom is -0.380 e. The van der Waals surface area contributed by atoms with Crippen molar-refractivity contribution in [3.63, 3.8) is 0 Å². The van der Waals surface area contributed by atoms with Crippen LogP contribution in [-0.2, 0) is 11.3 Å². The molecule has 0 aliphatic heterocycles. The quantitative estimate of drug-likeness (QED) is 0.905. The van der Waals surface area contributed by atoms with E-state index < -0.39 is 0 Å². The largest absolute Gasteiger partial charge is 0.380 e. The molecule has 19 heavy (non-hydrogen) atoms. The number of hydrogen-bond donors (Lipinski definition) is 1. The summed E-state index contributed by atoms with van der Waals surface area (Å²) in [6.45, 7) is 2.50. The van der Waals surface area contributed by atoms with Gasteiger partial charge in [-0.05, 0) is 52.2 Å². The van der Waals surface area contributed by atoms with Crippen LogP contribution >= 0.6 is 27.3 Å². The Kier molecular flexibility index (Phi) is 4.74. The van der Waals surface area contributed by atoms with Gasteiger partial charge >= 0.3 is 0 Å². The summed E-state index contributed by atoms with van der Waals surface area (Å²) >= 11 is 4.86. The van der Waals surface area contributed by atoms with E-state index >= 15 is 0 Å². The van der Waals surface area contributed by atoms with Crippen molar-refractivity contribution in [1.29, 1.82) is 0 Å². The molecule has 100 valence electrons. The molecule has 3 nitrogen and oxygen atoms in total. The molecule has 0 aliphatic rings. The highest BCUT2D eigenvalue weighted by molar-refractivity contribution is 9.11. The molecule has 2 rings (SSSR count). The summed E-state index contributed by atoms with van der Waals surface area (Å²) in [5.41, 5.74) is 2.88. The van der Waals surface area contributed by atoms with Crippen molar-refractivity contribution in [1.82, 2.24) is 0 Å². The minimum atomic E-state index is -0.0895. The summed E-state index contributed by atoms with van der Waals surface area (Å²) in [4.78, 5) is 12.8. The maximum atomic E-state index is 12.1. The first kappa shape index (κ1) is 14.2. The fourth-order valence-corrected chi connectivity index (χ4v) is 3.10. The Balaban J connectivity index is 2.12. The van der Waals surface area contributed by atoms with Gasteiger partial charge in [0, 0.05) is 12.8 Å². The molecule has 0 saturated carbocycles. The number of anilines is 1. The number of nitrogens with one attached hydrogen (secondary N) is 1. The number of halogens is 1. The molecule has 0 fully saturated rings. The van der Waals surface area contributed by atoms with Crippen LogP contribution in [0.25, 0.3) is 0 Å². The van der Waals surface area contributed by atoms with E-state index in [2.05, 4.69) is 21.2 Å². The number of carbonyl (C=O) groups excluding carboxylic acids is 1. The molecule has 2 aromatic rings. The number of aryl methyl sites for hydroxylation is 1. The van der Waals surface area contributed by atoms with Crippen LogP contribution in [0.2, 0.25) is 0 Å². The van der Waals surface area contributed by atoms with Gasteiger partial charge in [-0.1, -0.05) is 12.1 Å². The molecule has 0 aliphatic carbocycles. The van der Waals surface area contributed by atoms with Gasteiger partial charge < -0.3 is 10.1 Å². The molecule has 0 radical (unpaired) electrons. The van der Waals surface area contributed by atoms with Gasteiger partial charge in [-0.2, -0.15) is 0 Å². The lowest BCUT2D eigenvalue weighted by molar-refractivity contribution is 0.103. The van der Waals surface area contributed by atoms with Crippen molar-refractivity contribution in [2.75, 3.05) is 12.4 Å². The second-order valence-electron chi connectivity index (χ2n) is 4.15. The zero-order valence-electron chi connectivity index (χ0n) is 10.7. The summed E-state index contributed by atoms with van der Waals surface area (Å²) in [7, 11) is 1.65. The molecule has 1 aromatic carbocycles. The third kappa shape index (κ3) is 3.65. The first-order chi connectivity index (χ1) is 9.10. The van der Waals surface area contributed by atoms with E-state index in [4.69, 9.17) is 4.74 Å². The van der Waals surface area contributed by atoms with Crippen molar-refractivity contribution >= 4 is 38.9 Å². The number of hydrogen-bond acceptors (Lipinski definition) is 3. The molecule has 0 spiro atoms. The SMILES string of the molecule is COCc1cccc(NC(=O)c2cc(C)c(Br)s2)c1. The van der Waals surface area contributed by atoms with Gasteiger partial charge in [0.1, 0.15) is 0 Å². The Bertz CT molecular complexity index is 575. The van der Waals surface area contributed by atoms with Crippen LogP contribution in [0.1, 0.15) is 20.8 Å². The first-order valence-corrected chi connectivity index (χ1v) is 7.36. The van der Waals surface area contributed by atoms with Crippen LogP contribution in [0.4, 0.5) is 5.69 Å². The average molecular weight is 340 g/mol. The van der Waals surface area contributed by atoms with Crippen molar-refractivity contribution in [3.05, 3.63) is 50.1 Å². The van der Waals surface area contributed by atoms with E-state index in [9.17, 15) is 4.79 Å². The highest BCUT2D eigenvalue weighted by Gasteiger charge is 2.11. The van der Waals surface area contributed by atoms with Gasteiger partial charge in [-0.25, -0.2) is 0 Å². The van der Waals surface area contributed by atoms with Crippen molar-refractivity contribution < 1.29 is 9.53 Å². The molecule has 0 bridgehead atoms. The van der Waals surface area contributed by atoms with Crippen molar-refractivity contribution in [2.45, 2.75) is 13.5 Å². The van der Waals surface area contributed by atoms with Crippen LogP contribution in [0.3, 0.4) is 0 Å². The third-order valence-corrected chi connectivity index (χ3v) is 4.71. The molecule has 1 aromatic heterocycles. The van der Waals surface area contributed by atoms with Crippen LogP contribution in [0.5, 0.6) is 0 Å². The molecular formula is C14H14BrNO2S. The molecule has 0 saturated heterocycles. The zero-order chi connectivity index (χ0) is 13.8. The molecule has 1 amide bonds. The predicted molar refractivity (Wildman–Crippen MR) is 81.9 cm³/mol. The Morgan fingerprint density at radius 3 is 2.84 bits per heavy atom. The standard InChI is InChI=1S/C14H14BrNO2S/c1-9-6-12(19-13(9)15)14(17)16-11-5-3-4-10(7-11)8-18-2/h3-7H,8H2,1-2H3,(H,16,17). The lowest BCUT2D eigenvalue weighted by Gasteiger charge is -2.06. The van der Waals surface area contributed by atoms with E-state index in [0.717, 1.165) is 20.6 Å². The Labute approximate surface area is 124 Å². The summed E-state index contributed by atoms with van der Waals surface area (Å²) in [5, 5.41) is 2.89. The number of benzene rings is 1. The maximum Gasteiger partial charge on any atom is 0.265 e. The fraction of sp³-hybridized carbons (Fsp3) is 0.214. The number of methoxy groups -OCH3 is 1. The zero-order valence-corrected chi connectivity index (χ0v) is 13.1. The Hall–Kier alpha value is -1.17. The fourth-order valence-electron chi connectivity index (χ4n) is 1.67. The number of amides is 1. The molecule has 1 N–H and O–H groups in total. The monoisotopic (exact) mass is 339 g/mol. The Morgan fingerprint density at radius 2 is 2.21 bits per heavy atom. The van der Waals surface area contributed by atoms with Crippen LogP contribution in [-0.4, -0.2) is 13.0 Å². The summed E-state index contributed by atoms with van der Waals surface area (Å²) in [6.07, 6.45) is 0. The normalized spacial score (nSPS) is 10.5. The van der Waals surface area contributed by atoms with Gasteiger partial charge in [-0.3, -0.25) is 4.79 Å². The maximum absolute atomic E-state index is 12.1. The van der Waals surface area contributed by atoms with Crippen LogP contribution < -0.4 is 5.32 Å². The highest BCUT2D eigenvalue weighted by Crippen LogP contribution is 2.28. The van der Waals surface area contributed by atoms with Gasteiger partial charge in [0.2, 0.25) is 0 Å². The van der Waals surface area contributed by atoms with Gasteiger partial charge in [0.25, 0.3) is 5.91 Å². The number of carbonyl (C=O) groups is 1. The molecule has 0 unspecified atom stereocenters. The van der Waals surface area contributed by atoms with Gasteiger partial charge in [-0.15, -0.1) is 11.3 Å². The molecule has 1 heterocycles. The molecule has 5 heteroatoms. The summed E-state index contributed by atoms with van der Waals surface area (Å²) < 4.78 is 6.07. The second-order valence-corrected chi connectivity index (χ2v) is 6.52. The van der Waals surface area contributed by atoms with Gasteiger partial charge in [0.05, 0.1) is 15.3 Å². The predicted octanol–water partition coefficient (Wildman–Crippen LogP) is 4.22. The third-order valence-electron chi connectivity index (χ3n) is 2.58. The van der Waals surface area contributed by atoms with Crippen molar-refractivity contribution in [2.24, 2.45) is 0 Å². The number of rotatable bonds is 4. The van der Waals surface area contributed by atoms with E-state index in [1.165, 1.54) is 11.3 Å². The Morgan fingerprint density at radius 1 is 1.42 bits per heavy atom.